The Morgan fingerprint density at radius 3 is 2.18 bits per heavy atom. The highest BCUT2D eigenvalue weighted by Gasteiger charge is 1.93. The van der Waals surface area contributed by atoms with Gasteiger partial charge in [0.2, 0.25) is 12.1 Å². The lowest BCUT2D eigenvalue weighted by atomic mass is 10.7. The fourth-order valence-corrected chi connectivity index (χ4v) is 0.854. The Morgan fingerprint density at radius 1 is 1.06 bits per heavy atom. The fourth-order valence-electron chi connectivity index (χ4n) is 0.854. The summed E-state index contributed by atoms with van der Waals surface area (Å²) in [6.07, 6.45) is 8.66. The van der Waals surface area contributed by atoms with Crippen LogP contribution < -0.4 is 14.2 Å². The van der Waals surface area contributed by atoms with Crippen molar-refractivity contribution in [2.75, 3.05) is 14.2 Å². The zero-order valence-electron chi connectivity index (χ0n) is 9.48. The van der Waals surface area contributed by atoms with Crippen LogP contribution in [-0.2, 0) is 0 Å². The van der Waals surface area contributed by atoms with E-state index >= 15 is 0 Å². The number of methoxy groups -OCH3 is 2. The van der Waals surface area contributed by atoms with Crippen LogP contribution in [0.15, 0.2) is 37.2 Å². The molecule has 0 saturated heterocycles. The van der Waals surface area contributed by atoms with Gasteiger partial charge in [-0.15, -0.1) is 0 Å². The second-order valence-electron chi connectivity index (χ2n) is 2.71. The highest BCUT2D eigenvalue weighted by Crippen LogP contribution is 1.96. The summed E-state index contributed by atoms with van der Waals surface area (Å²) in [6, 6.07) is 0. The number of aromatic nitrogens is 4. The minimum atomic E-state index is 0.326. The van der Waals surface area contributed by atoms with Crippen molar-refractivity contribution in [1.82, 2.24) is 15.0 Å². The van der Waals surface area contributed by atoms with Gasteiger partial charge >= 0.3 is 0 Å². The molecule has 0 amide bonds. The first kappa shape index (κ1) is 12.6. The SMILES string of the molecule is COc1c[n+]([O-])ccn1.COc1cnccn1. The van der Waals surface area contributed by atoms with Crippen LogP contribution in [0.1, 0.15) is 0 Å². The van der Waals surface area contributed by atoms with Crippen LogP contribution in [0.25, 0.3) is 0 Å². The maximum Gasteiger partial charge on any atom is 0.280 e. The van der Waals surface area contributed by atoms with Gasteiger partial charge in [0, 0.05) is 12.4 Å². The summed E-state index contributed by atoms with van der Waals surface area (Å²) in [5.74, 6) is 0.875. The summed E-state index contributed by atoms with van der Waals surface area (Å²) >= 11 is 0. The molecule has 0 unspecified atom stereocenters. The van der Waals surface area contributed by atoms with Crippen molar-refractivity contribution in [2.45, 2.75) is 0 Å². The van der Waals surface area contributed by atoms with E-state index in [0.29, 0.717) is 16.5 Å². The van der Waals surface area contributed by atoms with Crippen molar-refractivity contribution in [2.24, 2.45) is 0 Å². The molecule has 2 aromatic rings. The maximum absolute atomic E-state index is 10.4. The molecular formula is C10H12N4O3. The molecule has 17 heavy (non-hydrogen) atoms. The molecule has 2 rings (SSSR count). The van der Waals surface area contributed by atoms with Crippen LogP contribution in [0.5, 0.6) is 11.8 Å². The highest BCUT2D eigenvalue weighted by atomic mass is 16.5. The van der Waals surface area contributed by atoms with Gasteiger partial charge in [-0.2, -0.15) is 4.73 Å². The quantitative estimate of drug-likeness (QED) is 0.547. The van der Waals surface area contributed by atoms with Gasteiger partial charge in [0.15, 0.2) is 6.20 Å². The Balaban J connectivity index is 0.000000171. The zero-order valence-corrected chi connectivity index (χ0v) is 9.48. The largest absolute Gasteiger partial charge is 0.619 e. The Morgan fingerprint density at radius 2 is 1.76 bits per heavy atom. The van der Waals surface area contributed by atoms with Gasteiger partial charge in [-0.05, 0) is 0 Å². The number of hydrogen-bond acceptors (Lipinski definition) is 6. The Labute approximate surface area is 98.3 Å². The van der Waals surface area contributed by atoms with E-state index in [4.69, 9.17) is 4.74 Å². The normalized spacial score (nSPS) is 8.82. The number of ether oxygens (including phenoxy) is 2. The zero-order chi connectivity index (χ0) is 12.5. The van der Waals surface area contributed by atoms with Crippen molar-refractivity contribution in [3.8, 4) is 11.8 Å². The van der Waals surface area contributed by atoms with Crippen LogP contribution in [-0.4, -0.2) is 29.2 Å². The van der Waals surface area contributed by atoms with Gasteiger partial charge in [0.25, 0.3) is 5.88 Å². The van der Waals surface area contributed by atoms with Gasteiger partial charge < -0.3 is 14.7 Å². The molecule has 0 atom stereocenters. The standard InChI is InChI=1S/C5H6N2O2.C5H6N2O/c1-9-5-4-7(8)3-2-6-5;1-8-5-4-6-2-3-7-5/h2-4H,1H3;2-4H,1H3. The van der Waals surface area contributed by atoms with Crippen molar-refractivity contribution in [3.05, 3.63) is 42.4 Å². The molecule has 0 aromatic carbocycles. The second-order valence-corrected chi connectivity index (χ2v) is 2.71. The minimum Gasteiger partial charge on any atom is -0.619 e. The van der Waals surface area contributed by atoms with E-state index < -0.39 is 0 Å². The maximum atomic E-state index is 10.4. The van der Waals surface area contributed by atoms with Crippen molar-refractivity contribution < 1.29 is 14.2 Å². The summed E-state index contributed by atoms with van der Waals surface area (Å²) in [4.78, 5) is 11.3. The number of hydrogen-bond donors (Lipinski definition) is 0. The van der Waals surface area contributed by atoms with E-state index in [9.17, 15) is 5.21 Å². The number of nitrogens with zero attached hydrogens (tertiary/aromatic N) is 4. The number of rotatable bonds is 2. The molecule has 2 aromatic heterocycles. The molecule has 0 N–H and O–H groups in total. The predicted octanol–water partition coefficient (Wildman–Crippen LogP) is 0.209. The van der Waals surface area contributed by atoms with Crippen molar-refractivity contribution >= 4 is 0 Å². The Kier molecular flexibility index (Phi) is 5.15. The molecule has 0 radical (unpaired) electrons. The average Bonchev–Trinajstić information content (AvgIpc) is 2.40. The van der Waals surface area contributed by atoms with E-state index in [1.165, 1.54) is 25.7 Å². The third kappa shape index (κ3) is 4.74. The van der Waals surface area contributed by atoms with Gasteiger partial charge in [-0.1, -0.05) is 0 Å². The molecule has 2 heterocycles. The molecule has 0 saturated carbocycles. The minimum absolute atomic E-state index is 0.326. The average molecular weight is 236 g/mol. The van der Waals surface area contributed by atoms with Gasteiger partial charge in [0.05, 0.1) is 26.6 Å². The van der Waals surface area contributed by atoms with E-state index in [1.54, 1.807) is 25.7 Å². The van der Waals surface area contributed by atoms with E-state index in [0.717, 1.165) is 0 Å². The third-order valence-electron chi connectivity index (χ3n) is 1.61. The van der Waals surface area contributed by atoms with E-state index in [2.05, 4.69) is 19.7 Å². The molecule has 7 heteroatoms. The Hall–Kier alpha value is -2.44. The molecule has 90 valence electrons. The lowest BCUT2D eigenvalue weighted by Crippen LogP contribution is -2.24. The van der Waals surface area contributed by atoms with E-state index in [-0.39, 0.29) is 0 Å². The first-order chi connectivity index (χ1) is 8.26. The summed E-state index contributed by atoms with van der Waals surface area (Å²) in [6.45, 7) is 0. The summed E-state index contributed by atoms with van der Waals surface area (Å²) < 4.78 is 10.0. The Bertz CT molecular complexity index is 439. The molecule has 0 spiro atoms. The molecule has 0 bridgehead atoms. The first-order valence-corrected chi connectivity index (χ1v) is 4.65. The van der Waals surface area contributed by atoms with Crippen LogP contribution in [0, 0.1) is 5.21 Å². The smallest absolute Gasteiger partial charge is 0.280 e. The molecule has 7 nitrogen and oxygen atoms in total. The molecular weight excluding hydrogens is 224 g/mol. The van der Waals surface area contributed by atoms with Gasteiger partial charge in [-0.25, -0.2) is 9.97 Å². The van der Waals surface area contributed by atoms with Gasteiger partial charge in [0.1, 0.15) is 0 Å². The topological polar surface area (TPSA) is 84.1 Å². The summed E-state index contributed by atoms with van der Waals surface area (Å²) in [5.41, 5.74) is 0. The van der Waals surface area contributed by atoms with Gasteiger partial charge in [-0.3, -0.25) is 4.98 Å². The monoisotopic (exact) mass is 236 g/mol. The van der Waals surface area contributed by atoms with Crippen LogP contribution in [0.4, 0.5) is 0 Å². The van der Waals surface area contributed by atoms with E-state index in [1.807, 2.05) is 0 Å². The molecule has 0 aliphatic heterocycles. The van der Waals surface area contributed by atoms with Crippen molar-refractivity contribution in [3.63, 3.8) is 0 Å². The highest BCUT2D eigenvalue weighted by molar-refractivity contribution is 5.00. The van der Waals surface area contributed by atoms with Crippen molar-refractivity contribution in [1.29, 1.82) is 0 Å². The molecule has 0 aliphatic rings. The van der Waals surface area contributed by atoms with Crippen LogP contribution in [0.3, 0.4) is 0 Å². The third-order valence-corrected chi connectivity index (χ3v) is 1.61. The summed E-state index contributed by atoms with van der Waals surface area (Å²) in [7, 11) is 3.02. The molecule has 0 aliphatic carbocycles. The summed E-state index contributed by atoms with van der Waals surface area (Å²) in [5, 5.41) is 10.4. The van der Waals surface area contributed by atoms with Crippen LogP contribution in [0.2, 0.25) is 0 Å². The lowest BCUT2D eigenvalue weighted by molar-refractivity contribution is -0.606. The second kappa shape index (κ2) is 6.94. The van der Waals surface area contributed by atoms with Crippen LogP contribution >= 0.6 is 0 Å². The molecule has 0 fully saturated rings. The lowest BCUT2D eigenvalue weighted by Gasteiger charge is -1.95. The predicted molar refractivity (Wildman–Crippen MR) is 58.3 cm³/mol. The first-order valence-electron chi connectivity index (χ1n) is 4.65. The fraction of sp³-hybridized carbons (Fsp3) is 0.200.